The summed E-state index contributed by atoms with van der Waals surface area (Å²) in [6, 6.07) is 11.3. The van der Waals surface area contributed by atoms with Crippen molar-refractivity contribution in [1.29, 1.82) is 0 Å². The second-order valence-corrected chi connectivity index (χ2v) is 6.71. The summed E-state index contributed by atoms with van der Waals surface area (Å²) in [6.07, 6.45) is 0. The number of nitrogens with one attached hydrogen (secondary N) is 1. The highest BCUT2D eigenvalue weighted by atomic mass is 16.6. The molecule has 1 atom stereocenters. The van der Waals surface area contributed by atoms with Crippen LogP contribution >= 0.6 is 0 Å². The van der Waals surface area contributed by atoms with Crippen LogP contribution in [-0.2, 0) is 4.79 Å². The molecule has 0 aliphatic carbocycles. The Morgan fingerprint density at radius 1 is 1.18 bits per heavy atom. The summed E-state index contributed by atoms with van der Waals surface area (Å²) in [5, 5.41) is 14.0. The Morgan fingerprint density at radius 2 is 1.89 bits per heavy atom. The van der Waals surface area contributed by atoms with Crippen molar-refractivity contribution in [2.45, 2.75) is 19.9 Å². The van der Waals surface area contributed by atoms with E-state index in [1.165, 1.54) is 12.1 Å². The molecule has 8 nitrogen and oxygen atoms in total. The van der Waals surface area contributed by atoms with E-state index >= 15 is 0 Å². The van der Waals surface area contributed by atoms with Gasteiger partial charge in [0.2, 0.25) is 0 Å². The minimum atomic E-state index is -0.542. The van der Waals surface area contributed by atoms with Crippen molar-refractivity contribution in [2.75, 3.05) is 19.8 Å². The van der Waals surface area contributed by atoms with Crippen molar-refractivity contribution >= 4 is 11.6 Å². The first-order chi connectivity index (χ1) is 13.5. The van der Waals surface area contributed by atoms with Gasteiger partial charge in [-0.05, 0) is 29.7 Å². The van der Waals surface area contributed by atoms with E-state index in [1.807, 2.05) is 32.0 Å². The van der Waals surface area contributed by atoms with Gasteiger partial charge in [-0.15, -0.1) is 0 Å². The second kappa shape index (κ2) is 8.60. The molecule has 1 aliphatic rings. The molecular formula is C20H22N2O6. The molecule has 0 bridgehead atoms. The zero-order valence-corrected chi connectivity index (χ0v) is 15.7. The Balaban J connectivity index is 1.68. The number of nitro groups is 1. The standard InChI is InChI=1S/C20H22N2O6/c1-13(2)20(14-7-8-17-18(11-14)27-10-9-26-17)21-19(23)12-28-16-6-4-3-5-15(16)22(24)25/h3-8,11,13,20H,9-10,12H2,1-2H3,(H,21,23)/t20-/m0/s1. The minimum Gasteiger partial charge on any atom is -0.486 e. The van der Waals surface area contributed by atoms with Gasteiger partial charge in [-0.3, -0.25) is 14.9 Å². The van der Waals surface area contributed by atoms with Crippen LogP contribution in [0.1, 0.15) is 25.5 Å². The monoisotopic (exact) mass is 386 g/mol. The number of para-hydroxylation sites is 2. The Labute approximate surface area is 162 Å². The van der Waals surface area contributed by atoms with Crippen molar-refractivity contribution in [3.8, 4) is 17.2 Å². The fourth-order valence-corrected chi connectivity index (χ4v) is 2.98. The lowest BCUT2D eigenvalue weighted by atomic mass is 9.95. The zero-order valence-electron chi connectivity index (χ0n) is 15.7. The molecule has 1 N–H and O–H groups in total. The van der Waals surface area contributed by atoms with Gasteiger partial charge in [0.15, 0.2) is 23.9 Å². The van der Waals surface area contributed by atoms with Gasteiger partial charge in [0, 0.05) is 6.07 Å². The average molecular weight is 386 g/mol. The summed E-state index contributed by atoms with van der Waals surface area (Å²) in [7, 11) is 0. The quantitative estimate of drug-likeness (QED) is 0.579. The summed E-state index contributed by atoms with van der Waals surface area (Å²) in [6.45, 7) is 4.66. The minimum absolute atomic E-state index is 0.0584. The molecule has 0 saturated carbocycles. The summed E-state index contributed by atoms with van der Waals surface area (Å²) in [5.74, 6) is 1.13. The van der Waals surface area contributed by atoms with E-state index < -0.39 is 4.92 Å². The number of nitrogens with zero attached hydrogens (tertiary/aromatic N) is 1. The van der Waals surface area contributed by atoms with Crippen LogP contribution in [0.2, 0.25) is 0 Å². The summed E-state index contributed by atoms with van der Waals surface area (Å²) < 4.78 is 16.5. The lowest BCUT2D eigenvalue weighted by molar-refractivity contribution is -0.385. The molecule has 0 spiro atoms. The maximum Gasteiger partial charge on any atom is 0.310 e. The first kappa shape index (κ1) is 19.5. The molecule has 1 aliphatic heterocycles. The number of amides is 1. The average Bonchev–Trinajstić information content (AvgIpc) is 2.70. The third-order valence-corrected chi connectivity index (χ3v) is 4.33. The van der Waals surface area contributed by atoms with Crippen molar-refractivity contribution in [1.82, 2.24) is 5.32 Å². The van der Waals surface area contributed by atoms with Gasteiger partial charge in [-0.1, -0.05) is 32.0 Å². The van der Waals surface area contributed by atoms with Gasteiger partial charge in [-0.2, -0.15) is 0 Å². The van der Waals surface area contributed by atoms with Crippen LogP contribution in [0.25, 0.3) is 0 Å². The summed E-state index contributed by atoms with van der Waals surface area (Å²) >= 11 is 0. The van der Waals surface area contributed by atoms with Gasteiger partial charge in [-0.25, -0.2) is 0 Å². The molecule has 1 amide bonds. The van der Waals surface area contributed by atoms with E-state index in [0.717, 1.165) is 5.56 Å². The van der Waals surface area contributed by atoms with Gasteiger partial charge in [0.25, 0.3) is 5.91 Å². The molecule has 0 fully saturated rings. The van der Waals surface area contributed by atoms with Crippen LogP contribution in [0.4, 0.5) is 5.69 Å². The third kappa shape index (κ3) is 4.51. The Kier molecular flexibility index (Phi) is 5.98. The number of hydrogen-bond acceptors (Lipinski definition) is 6. The largest absolute Gasteiger partial charge is 0.486 e. The Morgan fingerprint density at radius 3 is 2.61 bits per heavy atom. The Bertz CT molecular complexity index is 868. The van der Waals surface area contributed by atoms with Gasteiger partial charge >= 0.3 is 5.69 Å². The van der Waals surface area contributed by atoms with Crippen LogP contribution in [-0.4, -0.2) is 30.7 Å². The highest BCUT2D eigenvalue weighted by Gasteiger charge is 2.22. The van der Waals surface area contributed by atoms with Crippen LogP contribution < -0.4 is 19.5 Å². The maximum absolute atomic E-state index is 12.4. The van der Waals surface area contributed by atoms with Gasteiger partial charge < -0.3 is 19.5 Å². The van der Waals surface area contributed by atoms with E-state index in [4.69, 9.17) is 14.2 Å². The number of hydrogen-bond donors (Lipinski definition) is 1. The number of ether oxygens (including phenoxy) is 3. The molecule has 2 aromatic carbocycles. The molecule has 8 heteroatoms. The number of fused-ring (bicyclic) bond motifs is 1. The highest BCUT2D eigenvalue weighted by Crippen LogP contribution is 2.34. The van der Waals surface area contributed by atoms with E-state index in [-0.39, 0.29) is 35.9 Å². The SMILES string of the molecule is CC(C)[C@H](NC(=O)COc1ccccc1[N+](=O)[O-])c1ccc2c(c1)OCCO2. The van der Waals surface area contributed by atoms with Crippen molar-refractivity contribution in [3.63, 3.8) is 0 Å². The van der Waals surface area contributed by atoms with E-state index in [1.54, 1.807) is 12.1 Å². The smallest absolute Gasteiger partial charge is 0.310 e. The first-order valence-electron chi connectivity index (χ1n) is 9.01. The van der Waals surface area contributed by atoms with Crippen LogP contribution in [0, 0.1) is 16.0 Å². The molecule has 0 radical (unpaired) electrons. The van der Waals surface area contributed by atoms with Crippen molar-refractivity contribution in [3.05, 3.63) is 58.1 Å². The predicted octanol–water partition coefficient (Wildman–Crippen LogP) is 3.26. The highest BCUT2D eigenvalue weighted by molar-refractivity contribution is 5.78. The van der Waals surface area contributed by atoms with Crippen LogP contribution in [0.3, 0.4) is 0 Å². The maximum atomic E-state index is 12.4. The van der Waals surface area contributed by atoms with Crippen LogP contribution in [0.5, 0.6) is 17.2 Å². The van der Waals surface area contributed by atoms with E-state index in [0.29, 0.717) is 24.7 Å². The second-order valence-electron chi connectivity index (χ2n) is 6.71. The number of carbonyl (C=O) groups is 1. The molecule has 28 heavy (non-hydrogen) atoms. The molecule has 3 rings (SSSR count). The number of rotatable bonds is 7. The van der Waals surface area contributed by atoms with Crippen LogP contribution in [0.15, 0.2) is 42.5 Å². The molecule has 0 aromatic heterocycles. The summed E-state index contributed by atoms with van der Waals surface area (Å²) in [5.41, 5.74) is 0.709. The molecule has 0 unspecified atom stereocenters. The predicted molar refractivity (Wildman–Crippen MR) is 102 cm³/mol. The molecule has 0 saturated heterocycles. The molecule has 2 aromatic rings. The van der Waals surface area contributed by atoms with Gasteiger partial charge in [0.1, 0.15) is 13.2 Å². The first-order valence-corrected chi connectivity index (χ1v) is 9.01. The number of benzene rings is 2. The van der Waals surface area contributed by atoms with E-state index in [2.05, 4.69) is 5.32 Å². The molecule has 1 heterocycles. The topological polar surface area (TPSA) is 99.9 Å². The molecule has 148 valence electrons. The van der Waals surface area contributed by atoms with Gasteiger partial charge in [0.05, 0.1) is 11.0 Å². The van der Waals surface area contributed by atoms with Crippen molar-refractivity contribution in [2.24, 2.45) is 5.92 Å². The lowest BCUT2D eigenvalue weighted by Gasteiger charge is -2.25. The number of carbonyl (C=O) groups excluding carboxylic acids is 1. The van der Waals surface area contributed by atoms with Crippen molar-refractivity contribution < 1.29 is 23.9 Å². The number of nitro benzene ring substituents is 1. The lowest BCUT2D eigenvalue weighted by Crippen LogP contribution is -2.35. The zero-order chi connectivity index (χ0) is 20.1. The fraction of sp³-hybridized carbons (Fsp3) is 0.350. The molecular weight excluding hydrogens is 364 g/mol. The summed E-state index contributed by atoms with van der Waals surface area (Å²) in [4.78, 5) is 22.9. The Hall–Kier alpha value is -3.29. The normalized spacial score (nSPS) is 13.7. The third-order valence-electron chi connectivity index (χ3n) is 4.33. The van der Waals surface area contributed by atoms with E-state index in [9.17, 15) is 14.9 Å². The fourth-order valence-electron chi connectivity index (χ4n) is 2.98.